The number of aryl methyl sites for hydroxylation is 1. The van der Waals surface area contributed by atoms with Crippen LogP contribution >= 0.6 is 0 Å². The van der Waals surface area contributed by atoms with Crippen molar-refractivity contribution in [2.24, 2.45) is 4.99 Å². The maximum Gasteiger partial charge on any atom is 0.218 e. The predicted molar refractivity (Wildman–Crippen MR) is 66.8 cm³/mol. The number of hydrogen-bond donors (Lipinski definition) is 0. The Bertz CT molecular complexity index is 600. The van der Waals surface area contributed by atoms with Gasteiger partial charge in [-0.25, -0.2) is 13.4 Å². The van der Waals surface area contributed by atoms with Gasteiger partial charge in [-0.3, -0.25) is 0 Å². The lowest BCUT2D eigenvalue weighted by atomic mass is 10.2. The van der Waals surface area contributed by atoms with Crippen LogP contribution in [0.25, 0.3) is 0 Å². The van der Waals surface area contributed by atoms with Crippen molar-refractivity contribution in [2.75, 3.05) is 6.61 Å². The monoisotopic (exact) mass is 251 g/mol. The Balaban J connectivity index is 2.11. The van der Waals surface area contributed by atoms with Gasteiger partial charge in [0.2, 0.25) is 9.84 Å². The number of rotatable bonds is 3. The fourth-order valence-corrected chi connectivity index (χ4v) is 2.68. The highest BCUT2D eigenvalue weighted by Gasteiger charge is 2.23. The van der Waals surface area contributed by atoms with Crippen LogP contribution in [-0.2, 0) is 9.84 Å². The molecule has 17 heavy (non-hydrogen) atoms. The van der Waals surface area contributed by atoms with E-state index in [1.165, 1.54) is 0 Å². The van der Waals surface area contributed by atoms with Crippen molar-refractivity contribution in [1.82, 2.24) is 0 Å². The van der Waals surface area contributed by atoms with Crippen LogP contribution in [-0.4, -0.2) is 20.1 Å². The lowest BCUT2D eigenvalue weighted by Crippen LogP contribution is -2.18. The molecule has 1 aliphatic heterocycles. The zero-order chi connectivity index (χ0) is 12.5. The fraction of sp³-hybridized carbons (Fsp3) is 0.250. The van der Waals surface area contributed by atoms with Crippen LogP contribution in [0.2, 0.25) is 0 Å². The zero-order valence-corrected chi connectivity index (χ0v) is 10.5. The summed E-state index contributed by atoms with van der Waals surface area (Å²) in [5, 5.41) is 1.22. The van der Waals surface area contributed by atoms with E-state index >= 15 is 0 Å². The van der Waals surface area contributed by atoms with Gasteiger partial charge in [0.15, 0.2) is 5.04 Å². The maximum atomic E-state index is 11.6. The lowest BCUT2D eigenvalue weighted by molar-refractivity contribution is 0.375. The molecule has 0 saturated heterocycles. The van der Waals surface area contributed by atoms with Gasteiger partial charge in [-0.05, 0) is 25.5 Å². The number of sulfone groups is 1. The Labute approximate surface area is 101 Å². The van der Waals surface area contributed by atoms with Crippen molar-refractivity contribution in [3.63, 3.8) is 0 Å². The molecule has 0 unspecified atom stereocenters. The summed E-state index contributed by atoms with van der Waals surface area (Å²) < 4.78 is 28.6. The number of nitrogens with zero attached hydrogens (tertiary/aromatic N) is 1. The van der Waals surface area contributed by atoms with E-state index in [1.807, 2.05) is 25.1 Å². The van der Waals surface area contributed by atoms with Gasteiger partial charge in [0.05, 0.1) is 11.1 Å². The summed E-state index contributed by atoms with van der Waals surface area (Å²) in [5.74, 6) is 0.676. The summed E-state index contributed by atoms with van der Waals surface area (Å²) in [5.41, 5.74) is 1.46. The third-order valence-electron chi connectivity index (χ3n) is 2.40. The van der Waals surface area contributed by atoms with Crippen LogP contribution in [0, 0.1) is 6.92 Å². The standard InChI is InChI=1S/C12H13NO3S/c1-9-5-3-4-6-11(9)16-7-12-13-10(2)8-17(12,14)15/h3-6,8H,7H2,1-2H3. The quantitative estimate of drug-likeness (QED) is 0.826. The summed E-state index contributed by atoms with van der Waals surface area (Å²) in [6.07, 6.45) is 0. The Kier molecular flexibility index (Phi) is 3.02. The number of benzene rings is 1. The predicted octanol–water partition coefficient (Wildman–Crippen LogP) is 2.06. The van der Waals surface area contributed by atoms with Gasteiger partial charge in [0.25, 0.3) is 0 Å². The summed E-state index contributed by atoms with van der Waals surface area (Å²) >= 11 is 0. The first-order chi connectivity index (χ1) is 7.99. The summed E-state index contributed by atoms with van der Waals surface area (Å²) in [6, 6.07) is 7.45. The smallest absolute Gasteiger partial charge is 0.218 e. The van der Waals surface area contributed by atoms with Gasteiger partial charge in [0, 0.05) is 0 Å². The molecule has 0 bridgehead atoms. The minimum absolute atomic E-state index is 0.0268. The van der Waals surface area contributed by atoms with Gasteiger partial charge in [-0.1, -0.05) is 18.2 Å². The minimum atomic E-state index is -3.36. The van der Waals surface area contributed by atoms with Crippen molar-refractivity contribution < 1.29 is 13.2 Å². The average Bonchev–Trinajstić information content (AvgIpc) is 2.50. The Hall–Kier alpha value is -1.62. The van der Waals surface area contributed by atoms with Gasteiger partial charge < -0.3 is 4.74 Å². The molecule has 1 aliphatic rings. The minimum Gasteiger partial charge on any atom is -0.486 e. The first-order valence-electron chi connectivity index (χ1n) is 5.18. The van der Waals surface area contributed by atoms with Gasteiger partial charge in [-0.15, -0.1) is 0 Å². The van der Waals surface area contributed by atoms with E-state index in [0.717, 1.165) is 11.0 Å². The topological polar surface area (TPSA) is 55.7 Å². The molecule has 1 aromatic rings. The number of hydrogen-bond acceptors (Lipinski definition) is 4. The average molecular weight is 251 g/mol. The van der Waals surface area contributed by atoms with Crippen molar-refractivity contribution >= 4 is 14.9 Å². The molecule has 0 atom stereocenters. The molecule has 0 aliphatic carbocycles. The number of aliphatic imine (C=N–C) groups is 1. The largest absolute Gasteiger partial charge is 0.486 e. The molecule has 0 saturated carbocycles. The SMILES string of the molecule is CC1=CS(=O)(=O)C(COc2ccccc2C)=N1. The van der Waals surface area contributed by atoms with E-state index < -0.39 is 9.84 Å². The number of para-hydroxylation sites is 1. The zero-order valence-electron chi connectivity index (χ0n) is 9.67. The van der Waals surface area contributed by atoms with Crippen LogP contribution in [0.3, 0.4) is 0 Å². The maximum absolute atomic E-state index is 11.6. The van der Waals surface area contributed by atoms with E-state index in [1.54, 1.807) is 13.0 Å². The van der Waals surface area contributed by atoms with Gasteiger partial charge >= 0.3 is 0 Å². The summed E-state index contributed by atoms with van der Waals surface area (Å²) in [6.45, 7) is 3.53. The molecule has 0 radical (unpaired) electrons. The first-order valence-corrected chi connectivity index (χ1v) is 6.73. The molecule has 0 aromatic heterocycles. The Morgan fingerprint density at radius 2 is 1.94 bits per heavy atom. The molecule has 0 spiro atoms. The van der Waals surface area contributed by atoms with E-state index in [9.17, 15) is 8.42 Å². The molecule has 5 heteroatoms. The van der Waals surface area contributed by atoms with E-state index in [-0.39, 0.29) is 11.7 Å². The van der Waals surface area contributed by atoms with Crippen LogP contribution in [0.1, 0.15) is 12.5 Å². The van der Waals surface area contributed by atoms with Crippen molar-refractivity contribution in [3.8, 4) is 5.75 Å². The van der Waals surface area contributed by atoms with Crippen LogP contribution in [0.5, 0.6) is 5.75 Å². The molecule has 1 heterocycles. The number of ether oxygens (including phenoxy) is 1. The third-order valence-corrected chi connectivity index (χ3v) is 3.92. The summed E-state index contributed by atoms with van der Waals surface area (Å²) in [7, 11) is -3.36. The highest BCUT2D eigenvalue weighted by Crippen LogP contribution is 2.18. The lowest BCUT2D eigenvalue weighted by Gasteiger charge is -2.07. The van der Waals surface area contributed by atoms with Crippen molar-refractivity contribution in [3.05, 3.63) is 40.9 Å². The molecular weight excluding hydrogens is 238 g/mol. The Morgan fingerprint density at radius 1 is 1.24 bits per heavy atom. The molecule has 4 nitrogen and oxygen atoms in total. The fourth-order valence-electron chi connectivity index (χ4n) is 1.55. The molecule has 90 valence electrons. The van der Waals surface area contributed by atoms with E-state index in [0.29, 0.717) is 11.4 Å². The van der Waals surface area contributed by atoms with Crippen LogP contribution in [0.4, 0.5) is 0 Å². The second kappa shape index (κ2) is 4.33. The van der Waals surface area contributed by atoms with Crippen molar-refractivity contribution in [2.45, 2.75) is 13.8 Å². The molecular formula is C12H13NO3S. The normalized spacial score (nSPS) is 17.5. The highest BCUT2D eigenvalue weighted by molar-refractivity contribution is 8.09. The van der Waals surface area contributed by atoms with Crippen LogP contribution in [0.15, 0.2) is 40.4 Å². The van der Waals surface area contributed by atoms with Crippen LogP contribution < -0.4 is 4.74 Å². The van der Waals surface area contributed by atoms with E-state index in [2.05, 4.69) is 4.99 Å². The van der Waals surface area contributed by atoms with Gasteiger partial charge in [-0.2, -0.15) is 0 Å². The second-order valence-electron chi connectivity index (χ2n) is 3.86. The molecule has 2 rings (SSSR count). The van der Waals surface area contributed by atoms with Crippen molar-refractivity contribution in [1.29, 1.82) is 0 Å². The summed E-state index contributed by atoms with van der Waals surface area (Å²) in [4.78, 5) is 3.95. The second-order valence-corrected chi connectivity index (χ2v) is 5.66. The molecule has 0 N–H and O–H groups in total. The van der Waals surface area contributed by atoms with E-state index in [4.69, 9.17) is 4.74 Å². The van der Waals surface area contributed by atoms with Gasteiger partial charge in [0.1, 0.15) is 12.4 Å². The highest BCUT2D eigenvalue weighted by atomic mass is 32.2. The molecule has 0 fully saturated rings. The number of allylic oxidation sites excluding steroid dienone is 1. The third kappa shape index (κ3) is 2.55. The molecule has 1 aromatic carbocycles. The first kappa shape index (κ1) is 11.9. The Morgan fingerprint density at radius 3 is 2.53 bits per heavy atom. The molecule has 0 amide bonds.